The van der Waals surface area contributed by atoms with Crippen LogP contribution in [0.4, 0.5) is 4.79 Å². The van der Waals surface area contributed by atoms with Gasteiger partial charge in [0.2, 0.25) is 0 Å². The van der Waals surface area contributed by atoms with E-state index in [1.54, 1.807) is 0 Å². The molecule has 0 rings (SSSR count). The van der Waals surface area contributed by atoms with Crippen molar-refractivity contribution < 1.29 is 14.3 Å². The second-order valence-corrected chi connectivity index (χ2v) is 39.4. The minimum absolute atomic E-state index is 0.483. The first kappa shape index (κ1) is 18.9. The first-order valence-corrected chi connectivity index (χ1v) is 28.1. The Balaban J connectivity index is 3.44. The summed E-state index contributed by atoms with van der Waals surface area (Å²) >= 11 is -3.35. The summed E-state index contributed by atoms with van der Waals surface area (Å²) in [6.45, 7) is 1.04. The molecule has 0 bridgehead atoms. The van der Waals surface area contributed by atoms with E-state index in [1.165, 1.54) is 8.87 Å². The van der Waals surface area contributed by atoms with Gasteiger partial charge in [-0.05, 0) is 0 Å². The zero-order valence-electron chi connectivity index (χ0n) is 13.0. The SMILES string of the molecule is [CH3][Sn]([CH3])([CH3])[CH2]CCOC(=O)OCC[CH2][Sn]([CH3])([CH3])[CH3]. The third-order valence-corrected chi connectivity index (χ3v) is 13.2. The molecule has 0 aromatic heterocycles. The van der Waals surface area contributed by atoms with Gasteiger partial charge in [-0.1, -0.05) is 0 Å². The number of rotatable bonds is 8. The molecule has 0 saturated carbocycles. The fraction of sp³-hybridized carbons (Fsp3) is 0.923. The Hall–Kier alpha value is 0.867. The van der Waals surface area contributed by atoms with Gasteiger partial charge < -0.3 is 0 Å². The van der Waals surface area contributed by atoms with Crippen LogP contribution in [0.3, 0.4) is 0 Å². The molecule has 0 spiro atoms. The maximum atomic E-state index is 11.3. The van der Waals surface area contributed by atoms with Gasteiger partial charge in [0.1, 0.15) is 0 Å². The van der Waals surface area contributed by atoms with Crippen molar-refractivity contribution in [1.82, 2.24) is 0 Å². The van der Waals surface area contributed by atoms with Crippen molar-refractivity contribution in [1.29, 1.82) is 0 Å². The average Bonchev–Trinajstić information content (AvgIpc) is 2.17. The van der Waals surface area contributed by atoms with E-state index in [0.717, 1.165) is 12.8 Å². The Kier molecular flexibility index (Phi) is 9.35. The molecule has 0 heterocycles. The van der Waals surface area contributed by atoms with Crippen LogP contribution in [0.2, 0.25) is 38.5 Å². The summed E-state index contributed by atoms with van der Waals surface area (Å²) in [6, 6.07) is 0. The van der Waals surface area contributed by atoms with Gasteiger partial charge in [0, 0.05) is 0 Å². The average molecular weight is 472 g/mol. The van der Waals surface area contributed by atoms with Gasteiger partial charge in [-0.15, -0.1) is 0 Å². The molecule has 0 unspecified atom stereocenters. The first-order valence-electron chi connectivity index (χ1n) is 6.90. The number of carbonyl (C=O) groups is 1. The fourth-order valence-corrected chi connectivity index (χ4v) is 8.44. The molecule has 0 radical (unpaired) electrons. The third-order valence-electron chi connectivity index (χ3n) is 2.58. The van der Waals surface area contributed by atoms with Crippen LogP contribution in [0.5, 0.6) is 0 Å². The normalized spacial score (nSPS) is 12.3. The quantitative estimate of drug-likeness (QED) is 0.295. The van der Waals surface area contributed by atoms with Crippen LogP contribution in [-0.2, 0) is 9.47 Å². The molecule has 0 aliphatic heterocycles. The molecule has 5 heteroatoms. The van der Waals surface area contributed by atoms with Crippen LogP contribution in [0.15, 0.2) is 0 Å². The molecular weight excluding hydrogens is 442 g/mol. The Bertz CT molecular complexity index is 218. The summed E-state index contributed by atoms with van der Waals surface area (Å²) in [5.41, 5.74) is 0. The predicted molar refractivity (Wildman–Crippen MR) is 82.8 cm³/mol. The first-order chi connectivity index (χ1) is 8.10. The number of hydrogen-bond donors (Lipinski definition) is 0. The van der Waals surface area contributed by atoms with Gasteiger partial charge in [-0.2, -0.15) is 0 Å². The van der Waals surface area contributed by atoms with Gasteiger partial charge in [-0.25, -0.2) is 0 Å². The van der Waals surface area contributed by atoms with E-state index >= 15 is 0 Å². The zero-order valence-corrected chi connectivity index (χ0v) is 18.7. The van der Waals surface area contributed by atoms with E-state index in [-0.39, 0.29) is 0 Å². The molecule has 0 fully saturated rings. The molecule has 0 saturated heterocycles. The topological polar surface area (TPSA) is 35.5 Å². The van der Waals surface area contributed by atoms with E-state index in [2.05, 4.69) is 29.6 Å². The van der Waals surface area contributed by atoms with Gasteiger partial charge in [0.05, 0.1) is 0 Å². The van der Waals surface area contributed by atoms with Crippen LogP contribution in [0.25, 0.3) is 0 Å². The summed E-state index contributed by atoms with van der Waals surface area (Å²) in [7, 11) is 0. The number of carbonyl (C=O) groups excluding carboxylic acids is 1. The molecule has 0 atom stereocenters. The standard InChI is InChI=1S/C7H12O3.6CH3.2Sn/c1-3-5-9-7(8)10-6-4-2;;;;;;;;/h1-6H2;6*1H3;;. The zero-order chi connectivity index (χ0) is 14.2. The van der Waals surface area contributed by atoms with Crippen molar-refractivity contribution in [3.8, 4) is 0 Å². The molecule has 0 aromatic carbocycles. The molecule has 0 N–H and O–H groups in total. The third kappa shape index (κ3) is 14.9. The molecule has 0 aromatic rings. The van der Waals surface area contributed by atoms with Crippen LogP contribution >= 0.6 is 0 Å². The minimum atomic E-state index is -1.67. The molecule has 108 valence electrons. The van der Waals surface area contributed by atoms with E-state index in [1.807, 2.05) is 0 Å². The van der Waals surface area contributed by atoms with Crippen molar-refractivity contribution >= 4 is 42.9 Å². The van der Waals surface area contributed by atoms with Crippen LogP contribution < -0.4 is 0 Å². The van der Waals surface area contributed by atoms with E-state index in [0.29, 0.717) is 13.2 Å². The Morgan fingerprint density at radius 3 is 1.39 bits per heavy atom. The van der Waals surface area contributed by atoms with Crippen molar-refractivity contribution in [2.75, 3.05) is 13.2 Å². The summed E-state index contributed by atoms with van der Waals surface area (Å²) in [6.07, 6.45) is 1.50. The van der Waals surface area contributed by atoms with Crippen LogP contribution in [-0.4, -0.2) is 56.1 Å². The van der Waals surface area contributed by atoms with Crippen LogP contribution in [0.1, 0.15) is 12.8 Å². The summed E-state index contributed by atoms with van der Waals surface area (Å²) in [4.78, 5) is 25.6. The summed E-state index contributed by atoms with van der Waals surface area (Å²) < 4.78 is 12.6. The fourth-order valence-electron chi connectivity index (χ4n) is 1.56. The Labute approximate surface area is 121 Å². The number of ether oxygens (including phenoxy) is 2. The van der Waals surface area contributed by atoms with Crippen molar-refractivity contribution in [3.63, 3.8) is 0 Å². The Morgan fingerprint density at radius 1 is 0.778 bits per heavy atom. The predicted octanol–water partition coefficient (Wildman–Crippen LogP) is 4.60. The van der Waals surface area contributed by atoms with Crippen molar-refractivity contribution in [2.45, 2.75) is 51.4 Å². The van der Waals surface area contributed by atoms with Crippen molar-refractivity contribution in [3.05, 3.63) is 0 Å². The molecule has 0 amide bonds. The maximum absolute atomic E-state index is 11.3. The molecule has 18 heavy (non-hydrogen) atoms. The molecular formula is C13H30O3Sn2. The van der Waals surface area contributed by atoms with E-state index in [9.17, 15) is 4.79 Å². The van der Waals surface area contributed by atoms with Gasteiger partial charge >= 0.3 is 122 Å². The van der Waals surface area contributed by atoms with Gasteiger partial charge in [0.15, 0.2) is 0 Å². The van der Waals surface area contributed by atoms with Crippen molar-refractivity contribution in [2.24, 2.45) is 0 Å². The van der Waals surface area contributed by atoms with Crippen LogP contribution in [0, 0.1) is 0 Å². The monoisotopic (exact) mass is 474 g/mol. The van der Waals surface area contributed by atoms with Gasteiger partial charge in [-0.3, -0.25) is 0 Å². The van der Waals surface area contributed by atoms with Gasteiger partial charge in [0.25, 0.3) is 0 Å². The molecule has 0 aliphatic rings. The molecule has 0 aliphatic carbocycles. The summed E-state index contributed by atoms with van der Waals surface area (Å²) in [5.74, 6) is 0. The Morgan fingerprint density at radius 2 is 1.11 bits per heavy atom. The number of hydrogen-bond acceptors (Lipinski definition) is 3. The second-order valence-electron chi connectivity index (χ2n) is 7.28. The van der Waals surface area contributed by atoms with E-state index in [4.69, 9.17) is 9.47 Å². The van der Waals surface area contributed by atoms with E-state index < -0.39 is 42.9 Å². The second kappa shape index (κ2) is 8.92. The molecule has 3 nitrogen and oxygen atoms in total. The summed E-state index contributed by atoms with van der Waals surface area (Å²) in [5, 5.41) is 0.